The molecular weight excluding hydrogens is 300 g/mol. The minimum atomic E-state index is -0.00979. The number of para-hydroxylation sites is 1. The second-order valence-corrected chi connectivity index (χ2v) is 6.60. The van der Waals surface area contributed by atoms with Crippen LogP contribution in [0.5, 0.6) is 5.75 Å². The standard InChI is InChI=1S/C20H22N2O2/c1-22-13-17(16-11-12-21-19(16)20(22)23)15-9-5-6-10-18(15)24-14-7-3-2-4-8-14/h5-6,9-14,21H,2-4,7-8H2,1H3. The molecule has 4 nitrogen and oxygen atoms in total. The molecule has 2 heterocycles. The number of nitrogens with zero attached hydrogens (tertiary/aromatic N) is 1. The van der Waals surface area contributed by atoms with Gasteiger partial charge in [0.25, 0.3) is 5.56 Å². The van der Waals surface area contributed by atoms with Gasteiger partial charge in [-0.1, -0.05) is 24.6 Å². The van der Waals surface area contributed by atoms with E-state index in [0.717, 1.165) is 35.1 Å². The third-order valence-electron chi connectivity index (χ3n) is 4.92. The van der Waals surface area contributed by atoms with E-state index in [4.69, 9.17) is 4.74 Å². The summed E-state index contributed by atoms with van der Waals surface area (Å²) in [6.07, 6.45) is 10.1. The minimum absolute atomic E-state index is 0.00979. The monoisotopic (exact) mass is 322 g/mol. The highest BCUT2D eigenvalue weighted by Gasteiger charge is 2.18. The predicted molar refractivity (Wildman–Crippen MR) is 96.5 cm³/mol. The van der Waals surface area contributed by atoms with Crippen LogP contribution >= 0.6 is 0 Å². The Bertz CT molecular complexity index is 917. The highest BCUT2D eigenvalue weighted by Crippen LogP contribution is 2.35. The molecule has 0 saturated heterocycles. The smallest absolute Gasteiger partial charge is 0.274 e. The number of nitrogens with one attached hydrogen (secondary N) is 1. The van der Waals surface area contributed by atoms with Gasteiger partial charge in [-0.25, -0.2) is 0 Å². The van der Waals surface area contributed by atoms with Crippen LogP contribution in [0, 0.1) is 0 Å². The maximum Gasteiger partial charge on any atom is 0.274 e. The number of hydrogen-bond acceptors (Lipinski definition) is 2. The Kier molecular flexibility index (Phi) is 3.89. The van der Waals surface area contributed by atoms with E-state index in [1.165, 1.54) is 19.3 Å². The fourth-order valence-corrected chi connectivity index (χ4v) is 3.64. The number of aromatic nitrogens is 2. The number of benzene rings is 1. The molecule has 1 fully saturated rings. The zero-order valence-electron chi connectivity index (χ0n) is 13.9. The van der Waals surface area contributed by atoms with Gasteiger partial charge in [0.05, 0.1) is 6.10 Å². The van der Waals surface area contributed by atoms with Crippen molar-refractivity contribution >= 4 is 10.9 Å². The van der Waals surface area contributed by atoms with E-state index in [1.807, 2.05) is 36.7 Å². The topological polar surface area (TPSA) is 47.0 Å². The Morgan fingerprint density at radius 3 is 2.71 bits per heavy atom. The molecule has 1 saturated carbocycles. The number of H-pyrrole nitrogens is 1. The Labute approximate surface area is 141 Å². The van der Waals surface area contributed by atoms with Crippen molar-refractivity contribution in [2.45, 2.75) is 38.2 Å². The number of fused-ring (bicyclic) bond motifs is 1. The summed E-state index contributed by atoms with van der Waals surface area (Å²) >= 11 is 0. The van der Waals surface area contributed by atoms with Crippen molar-refractivity contribution in [2.24, 2.45) is 7.05 Å². The SMILES string of the molecule is Cn1cc(-c2ccccc2OC2CCCCC2)c2cc[nH]c2c1=O. The largest absolute Gasteiger partial charge is 0.490 e. The zero-order valence-corrected chi connectivity index (χ0v) is 13.9. The number of rotatable bonds is 3. The summed E-state index contributed by atoms with van der Waals surface area (Å²) in [6, 6.07) is 10.1. The van der Waals surface area contributed by atoms with Gasteiger partial charge in [0, 0.05) is 36.0 Å². The summed E-state index contributed by atoms with van der Waals surface area (Å²) in [5.74, 6) is 0.908. The fraction of sp³-hybridized carbons (Fsp3) is 0.350. The highest BCUT2D eigenvalue weighted by molar-refractivity contribution is 5.95. The number of ether oxygens (including phenoxy) is 1. The van der Waals surface area contributed by atoms with Gasteiger partial charge in [0.2, 0.25) is 0 Å². The second-order valence-electron chi connectivity index (χ2n) is 6.60. The number of hydrogen-bond donors (Lipinski definition) is 1. The van der Waals surface area contributed by atoms with Crippen molar-refractivity contribution in [2.75, 3.05) is 0 Å². The zero-order chi connectivity index (χ0) is 16.5. The van der Waals surface area contributed by atoms with Crippen LogP contribution in [0.1, 0.15) is 32.1 Å². The summed E-state index contributed by atoms with van der Waals surface area (Å²) in [7, 11) is 1.79. The first kappa shape index (κ1) is 15.1. The molecule has 0 bridgehead atoms. The van der Waals surface area contributed by atoms with Gasteiger partial charge in [-0.3, -0.25) is 4.79 Å². The van der Waals surface area contributed by atoms with Crippen molar-refractivity contribution < 1.29 is 4.74 Å². The maximum absolute atomic E-state index is 12.3. The molecule has 0 amide bonds. The van der Waals surface area contributed by atoms with Gasteiger partial charge < -0.3 is 14.3 Å². The van der Waals surface area contributed by atoms with E-state index >= 15 is 0 Å². The number of aryl methyl sites for hydroxylation is 1. The van der Waals surface area contributed by atoms with Gasteiger partial charge >= 0.3 is 0 Å². The minimum Gasteiger partial charge on any atom is -0.490 e. The Hall–Kier alpha value is -2.49. The molecule has 1 aliphatic carbocycles. The van der Waals surface area contributed by atoms with Gasteiger partial charge in [-0.15, -0.1) is 0 Å². The second kappa shape index (κ2) is 6.19. The van der Waals surface area contributed by atoms with Crippen LogP contribution in [0.3, 0.4) is 0 Å². The van der Waals surface area contributed by atoms with Crippen LogP contribution in [0.15, 0.2) is 47.5 Å². The van der Waals surface area contributed by atoms with Gasteiger partial charge in [0.1, 0.15) is 11.3 Å². The van der Waals surface area contributed by atoms with Gasteiger partial charge in [-0.2, -0.15) is 0 Å². The van der Waals surface area contributed by atoms with Crippen molar-refractivity contribution in [1.29, 1.82) is 0 Å². The molecule has 24 heavy (non-hydrogen) atoms. The lowest BCUT2D eigenvalue weighted by Gasteiger charge is -2.24. The predicted octanol–water partition coefficient (Wildman–Crippen LogP) is 4.25. The van der Waals surface area contributed by atoms with Crippen LogP contribution < -0.4 is 10.3 Å². The Morgan fingerprint density at radius 2 is 1.88 bits per heavy atom. The average molecular weight is 322 g/mol. The maximum atomic E-state index is 12.3. The fourth-order valence-electron chi connectivity index (χ4n) is 3.64. The van der Waals surface area contributed by atoms with Crippen LogP contribution in [-0.2, 0) is 7.05 Å². The van der Waals surface area contributed by atoms with Crippen LogP contribution in [0.2, 0.25) is 0 Å². The third-order valence-corrected chi connectivity index (χ3v) is 4.92. The lowest BCUT2D eigenvalue weighted by molar-refractivity contribution is 0.156. The Morgan fingerprint density at radius 1 is 1.08 bits per heavy atom. The van der Waals surface area contributed by atoms with Crippen molar-refractivity contribution in [3.05, 3.63) is 53.1 Å². The van der Waals surface area contributed by atoms with Crippen molar-refractivity contribution in [3.8, 4) is 16.9 Å². The Balaban J connectivity index is 1.81. The molecule has 4 heteroatoms. The molecule has 0 unspecified atom stereocenters. The summed E-state index contributed by atoms with van der Waals surface area (Å²) in [6.45, 7) is 0. The first-order valence-corrected chi connectivity index (χ1v) is 8.67. The van der Waals surface area contributed by atoms with Gasteiger partial charge in [-0.05, 0) is 37.8 Å². The lowest BCUT2D eigenvalue weighted by atomic mass is 9.97. The normalized spacial score (nSPS) is 15.7. The molecule has 0 spiro atoms. The van der Waals surface area contributed by atoms with Crippen LogP contribution in [-0.4, -0.2) is 15.7 Å². The molecule has 1 aromatic carbocycles. The first-order valence-electron chi connectivity index (χ1n) is 8.67. The third kappa shape index (κ3) is 2.62. The summed E-state index contributed by atoms with van der Waals surface area (Å²) in [5, 5.41) is 0.942. The molecule has 0 aliphatic heterocycles. The number of aromatic amines is 1. The van der Waals surface area contributed by atoms with E-state index in [2.05, 4.69) is 11.1 Å². The molecular formula is C20H22N2O2. The highest BCUT2D eigenvalue weighted by atomic mass is 16.5. The molecule has 1 N–H and O–H groups in total. The van der Waals surface area contributed by atoms with Crippen molar-refractivity contribution in [1.82, 2.24) is 9.55 Å². The van der Waals surface area contributed by atoms with E-state index < -0.39 is 0 Å². The van der Waals surface area contributed by atoms with E-state index in [-0.39, 0.29) is 5.56 Å². The molecule has 0 atom stereocenters. The van der Waals surface area contributed by atoms with Crippen LogP contribution in [0.25, 0.3) is 22.0 Å². The molecule has 3 aromatic rings. The molecule has 1 aliphatic rings. The van der Waals surface area contributed by atoms with E-state index in [1.54, 1.807) is 11.6 Å². The quantitative estimate of drug-likeness (QED) is 0.784. The summed E-state index contributed by atoms with van der Waals surface area (Å²) in [5.41, 5.74) is 2.70. The van der Waals surface area contributed by atoms with E-state index in [9.17, 15) is 4.79 Å². The number of pyridine rings is 1. The molecule has 124 valence electrons. The van der Waals surface area contributed by atoms with Gasteiger partial charge in [0.15, 0.2) is 0 Å². The lowest BCUT2D eigenvalue weighted by Crippen LogP contribution is -2.20. The first-order chi connectivity index (χ1) is 11.7. The average Bonchev–Trinajstić information content (AvgIpc) is 3.10. The van der Waals surface area contributed by atoms with Crippen molar-refractivity contribution in [3.63, 3.8) is 0 Å². The summed E-state index contributed by atoms with van der Waals surface area (Å²) in [4.78, 5) is 15.3. The summed E-state index contributed by atoms with van der Waals surface area (Å²) < 4.78 is 7.97. The van der Waals surface area contributed by atoms with E-state index in [0.29, 0.717) is 11.6 Å². The van der Waals surface area contributed by atoms with Crippen LogP contribution in [0.4, 0.5) is 0 Å². The molecule has 2 aromatic heterocycles. The molecule has 0 radical (unpaired) electrons. The molecule has 4 rings (SSSR count).